The van der Waals surface area contributed by atoms with Crippen molar-refractivity contribution in [1.82, 2.24) is 0 Å². The van der Waals surface area contributed by atoms with Crippen molar-refractivity contribution < 1.29 is 23.1 Å². The zero-order chi connectivity index (χ0) is 15.3. The van der Waals surface area contributed by atoms with E-state index in [1.165, 1.54) is 12.1 Å². The minimum absolute atomic E-state index is 0.00266. The number of carbonyl (C=O) groups is 1. The molecular weight excluding hydrogens is 339 g/mol. The van der Waals surface area contributed by atoms with Gasteiger partial charge in [0.05, 0.1) is 5.56 Å². The van der Waals surface area contributed by atoms with Gasteiger partial charge in [-0.05, 0) is 30.5 Å². The minimum atomic E-state index is -4.43. The molecule has 1 unspecified atom stereocenters. The van der Waals surface area contributed by atoms with Gasteiger partial charge in [0.15, 0.2) is 0 Å². The molecule has 0 saturated heterocycles. The van der Waals surface area contributed by atoms with Crippen LogP contribution in [0.25, 0.3) is 0 Å². The van der Waals surface area contributed by atoms with Crippen LogP contribution in [-0.4, -0.2) is 17.6 Å². The van der Waals surface area contributed by atoms with Gasteiger partial charge in [0.25, 0.3) is 0 Å². The fourth-order valence-corrected chi connectivity index (χ4v) is 2.02. The second-order valence-corrected chi connectivity index (χ2v) is 5.52. The van der Waals surface area contributed by atoms with Gasteiger partial charge in [-0.3, -0.25) is 4.79 Å². The Morgan fingerprint density at radius 1 is 1.45 bits per heavy atom. The van der Waals surface area contributed by atoms with Gasteiger partial charge in [0, 0.05) is 23.1 Å². The Balaban J connectivity index is 2.70. The molecule has 0 aliphatic rings. The number of benzene rings is 1. The predicted octanol–water partition coefficient (Wildman–Crippen LogP) is 4.38. The lowest BCUT2D eigenvalue weighted by Crippen LogP contribution is -2.16. The van der Waals surface area contributed by atoms with Gasteiger partial charge >= 0.3 is 12.1 Å². The number of alkyl halides is 3. The number of hydrogen-bond acceptors (Lipinski definition) is 2. The summed E-state index contributed by atoms with van der Waals surface area (Å²) < 4.78 is 39.0. The highest BCUT2D eigenvalue weighted by molar-refractivity contribution is 9.10. The molecule has 2 N–H and O–H groups in total. The molecule has 7 heteroatoms. The first-order valence-corrected chi connectivity index (χ1v) is 6.82. The maximum absolute atomic E-state index is 12.9. The Morgan fingerprint density at radius 2 is 2.10 bits per heavy atom. The predicted molar refractivity (Wildman–Crippen MR) is 73.7 cm³/mol. The van der Waals surface area contributed by atoms with Crippen molar-refractivity contribution in [3.05, 3.63) is 28.2 Å². The van der Waals surface area contributed by atoms with Crippen LogP contribution < -0.4 is 5.32 Å². The van der Waals surface area contributed by atoms with E-state index in [-0.39, 0.29) is 24.6 Å². The molecule has 20 heavy (non-hydrogen) atoms. The van der Waals surface area contributed by atoms with E-state index in [0.29, 0.717) is 10.9 Å². The molecule has 1 atom stereocenters. The number of anilines is 1. The normalized spacial score (nSPS) is 13.1. The highest BCUT2D eigenvalue weighted by Gasteiger charge is 2.33. The molecule has 0 heterocycles. The van der Waals surface area contributed by atoms with Crippen LogP contribution in [0.2, 0.25) is 0 Å². The van der Waals surface area contributed by atoms with Crippen molar-refractivity contribution >= 4 is 27.6 Å². The Morgan fingerprint density at radius 3 is 2.65 bits per heavy atom. The Labute approximate surface area is 123 Å². The summed E-state index contributed by atoms with van der Waals surface area (Å²) in [4.78, 5) is 10.4. The third-order valence-corrected chi connectivity index (χ3v) is 3.27. The molecule has 0 fully saturated rings. The highest BCUT2D eigenvalue weighted by atomic mass is 79.9. The van der Waals surface area contributed by atoms with Gasteiger partial charge in [0.1, 0.15) is 0 Å². The molecule has 0 aromatic heterocycles. The Kier molecular flexibility index (Phi) is 5.86. The third kappa shape index (κ3) is 5.40. The first kappa shape index (κ1) is 16.8. The molecule has 0 aliphatic heterocycles. The number of hydrogen-bond donors (Lipinski definition) is 2. The van der Waals surface area contributed by atoms with E-state index in [4.69, 9.17) is 5.11 Å². The van der Waals surface area contributed by atoms with E-state index >= 15 is 0 Å². The van der Waals surface area contributed by atoms with Crippen LogP contribution in [0.1, 0.15) is 25.3 Å². The SMILES string of the molecule is CC(CCC(=O)O)CNc1ccc(Br)cc1C(F)(F)F. The number of halogens is 4. The van der Waals surface area contributed by atoms with Crippen LogP contribution in [-0.2, 0) is 11.0 Å². The first-order valence-electron chi connectivity index (χ1n) is 6.02. The summed E-state index contributed by atoms with van der Waals surface area (Å²) in [5.74, 6) is -0.938. The van der Waals surface area contributed by atoms with Crippen molar-refractivity contribution in [2.45, 2.75) is 25.9 Å². The summed E-state index contributed by atoms with van der Waals surface area (Å²) in [5, 5.41) is 11.3. The van der Waals surface area contributed by atoms with Crippen molar-refractivity contribution in [3.63, 3.8) is 0 Å². The summed E-state index contributed by atoms with van der Waals surface area (Å²) >= 11 is 3.02. The summed E-state index contributed by atoms with van der Waals surface area (Å²) in [6.07, 6.45) is -4.01. The van der Waals surface area contributed by atoms with Crippen LogP contribution in [0.4, 0.5) is 18.9 Å². The van der Waals surface area contributed by atoms with E-state index < -0.39 is 17.7 Å². The van der Waals surface area contributed by atoms with Crippen molar-refractivity contribution in [2.75, 3.05) is 11.9 Å². The summed E-state index contributed by atoms with van der Waals surface area (Å²) in [6.45, 7) is 2.08. The molecule has 0 bridgehead atoms. The molecule has 0 amide bonds. The van der Waals surface area contributed by atoms with Crippen LogP contribution in [0.5, 0.6) is 0 Å². The molecule has 1 rings (SSSR count). The van der Waals surface area contributed by atoms with Gasteiger partial charge in [-0.15, -0.1) is 0 Å². The molecule has 1 aromatic carbocycles. The molecule has 0 saturated carbocycles. The van der Waals surface area contributed by atoms with Gasteiger partial charge < -0.3 is 10.4 Å². The fourth-order valence-electron chi connectivity index (χ4n) is 1.66. The number of carboxylic acid groups (broad SMARTS) is 1. The minimum Gasteiger partial charge on any atom is -0.481 e. The smallest absolute Gasteiger partial charge is 0.418 e. The average Bonchev–Trinajstić information content (AvgIpc) is 2.33. The largest absolute Gasteiger partial charge is 0.481 e. The third-order valence-electron chi connectivity index (χ3n) is 2.78. The number of rotatable bonds is 6. The van der Waals surface area contributed by atoms with Gasteiger partial charge in [-0.25, -0.2) is 0 Å². The fraction of sp³-hybridized carbons (Fsp3) is 0.462. The van der Waals surface area contributed by atoms with Crippen LogP contribution in [0.3, 0.4) is 0 Å². The molecule has 112 valence electrons. The second-order valence-electron chi connectivity index (χ2n) is 4.61. The van der Waals surface area contributed by atoms with E-state index in [1.54, 1.807) is 6.92 Å². The molecular formula is C13H15BrF3NO2. The molecule has 0 radical (unpaired) electrons. The quantitative estimate of drug-likeness (QED) is 0.797. The topological polar surface area (TPSA) is 49.3 Å². The molecule has 0 aliphatic carbocycles. The summed E-state index contributed by atoms with van der Waals surface area (Å²) in [5.41, 5.74) is -0.736. The number of carboxylic acids is 1. The van der Waals surface area contributed by atoms with Crippen molar-refractivity contribution in [2.24, 2.45) is 5.92 Å². The zero-order valence-corrected chi connectivity index (χ0v) is 12.4. The zero-order valence-electron chi connectivity index (χ0n) is 10.8. The van der Waals surface area contributed by atoms with Crippen LogP contribution in [0.15, 0.2) is 22.7 Å². The number of nitrogens with one attached hydrogen (secondary N) is 1. The maximum Gasteiger partial charge on any atom is 0.418 e. The lowest BCUT2D eigenvalue weighted by molar-refractivity contribution is -0.138. The van der Waals surface area contributed by atoms with Crippen LogP contribution >= 0.6 is 15.9 Å². The second kappa shape index (κ2) is 6.97. The van der Waals surface area contributed by atoms with Gasteiger partial charge in [0.2, 0.25) is 0 Å². The average molecular weight is 354 g/mol. The summed E-state index contributed by atoms with van der Waals surface area (Å²) in [7, 11) is 0. The lowest BCUT2D eigenvalue weighted by Gasteiger charge is -2.17. The monoisotopic (exact) mass is 353 g/mol. The molecule has 3 nitrogen and oxygen atoms in total. The number of aliphatic carboxylic acids is 1. The first-order chi connectivity index (χ1) is 9.20. The van der Waals surface area contributed by atoms with E-state index in [1.807, 2.05) is 0 Å². The Hall–Kier alpha value is -1.24. The van der Waals surface area contributed by atoms with Crippen molar-refractivity contribution in [3.8, 4) is 0 Å². The van der Waals surface area contributed by atoms with Crippen LogP contribution in [0, 0.1) is 5.92 Å². The van der Waals surface area contributed by atoms with E-state index in [0.717, 1.165) is 6.07 Å². The molecule has 0 spiro atoms. The maximum atomic E-state index is 12.9. The summed E-state index contributed by atoms with van der Waals surface area (Å²) in [6, 6.07) is 3.90. The standard InChI is InChI=1S/C13H15BrF3NO2/c1-8(2-5-12(19)20)7-18-11-4-3-9(14)6-10(11)13(15,16)17/h3-4,6,8,18H,2,5,7H2,1H3,(H,19,20). The highest BCUT2D eigenvalue weighted by Crippen LogP contribution is 2.36. The lowest BCUT2D eigenvalue weighted by atomic mass is 10.1. The Bertz CT molecular complexity index is 477. The van der Waals surface area contributed by atoms with E-state index in [2.05, 4.69) is 21.2 Å². The molecule has 1 aromatic rings. The van der Waals surface area contributed by atoms with Crippen molar-refractivity contribution in [1.29, 1.82) is 0 Å². The van der Waals surface area contributed by atoms with Gasteiger partial charge in [-0.2, -0.15) is 13.2 Å². The van der Waals surface area contributed by atoms with Gasteiger partial charge in [-0.1, -0.05) is 22.9 Å². The van der Waals surface area contributed by atoms with E-state index in [9.17, 15) is 18.0 Å².